The van der Waals surface area contributed by atoms with Crippen molar-refractivity contribution in [3.63, 3.8) is 0 Å². The fraction of sp³-hybridized carbons (Fsp3) is 0.400. The molecular formula is C20H25N3O4S. The molecule has 28 heavy (non-hydrogen) atoms. The maximum atomic E-state index is 12.2. The summed E-state index contributed by atoms with van der Waals surface area (Å²) in [5, 5.41) is 3.29. The predicted molar refractivity (Wildman–Crippen MR) is 109 cm³/mol. The van der Waals surface area contributed by atoms with Crippen molar-refractivity contribution in [1.29, 1.82) is 0 Å². The number of hydrogen-bond donors (Lipinski definition) is 1. The fourth-order valence-electron chi connectivity index (χ4n) is 2.39. The first-order valence-electron chi connectivity index (χ1n) is 8.87. The number of benzene rings is 1. The van der Waals surface area contributed by atoms with Crippen LogP contribution >= 0.6 is 11.8 Å². The Bertz CT molecular complexity index is 850. The molecule has 2 aromatic rings. The average molecular weight is 404 g/mol. The number of rotatable bonds is 6. The van der Waals surface area contributed by atoms with Gasteiger partial charge < -0.3 is 9.47 Å². The lowest BCUT2D eigenvalue weighted by atomic mass is 10.1. The summed E-state index contributed by atoms with van der Waals surface area (Å²) < 4.78 is 10.4. The molecule has 2 rings (SSSR count). The van der Waals surface area contributed by atoms with Crippen molar-refractivity contribution in [2.75, 3.05) is 18.2 Å². The molecule has 1 aromatic carbocycles. The maximum absolute atomic E-state index is 12.2. The second-order valence-corrected chi connectivity index (χ2v) is 7.71. The highest BCUT2D eigenvalue weighted by Gasteiger charge is 2.18. The second kappa shape index (κ2) is 9.54. The molecule has 0 fully saturated rings. The Labute approximate surface area is 169 Å². The molecule has 150 valence electrons. The van der Waals surface area contributed by atoms with Gasteiger partial charge in [0, 0.05) is 18.3 Å². The van der Waals surface area contributed by atoms with E-state index in [2.05, 4.69) is 15.3 Å². The van der Waals surface area contributed by atoms with Gasteiger partial charge in [0.2, 0.25) is 0 Å². The van der Waals surface area contributed by atoms with Crippen LogP contribution in [-0.2, 0) is 15.9 Å². The van der Waals surface area contributed by atoms with Crippen LogP contribution in [0.3, 0.4) is 0 Å². The summed E-state index contributed by atoms with van der Waals surface area (Å²) in [4.78, 5) is 32.8. The van der Waals surface area contributed by atoms with Gasteiger partial charge in [-0.25, -0.2) is 19.6 Å². The van der Waals surface area contributed by atoms with E-state index >= 15 is 0 Å². The van der Waals surface area contributed by atoms with Gasteiger partial charge >= 0.3 is 12.1 Å². The molecule has 1 heterocycles. The zero-order valence-electron chi connectivity index (χ0n) is 16.7. The van der Waals surface area contributed by atoms with E-state index in [1.54, 1.807) is 33.8 Å². The van der Waals surface area contributed by atoms with E-state index in [9.17, 15) is 9.59 Å². The van der Waals surface area contributed by atoms with Gasteiger partial charge in [0.15, 0.2) is 5.16 Å². The van der Waals surface area contributed by atoms with Gasteiger partial charge in [-0.05, 0) is 51.6 Å². The van der Waals surface area contributed by atoms with Crippen LogP contribution in [0.1, 0.15) is 49.3 Å². The van der Waals surface area contributed by atoms with Crippen LogP contribution in [0.4, 0.5) is 10.5 Å². The van der Waals surface area contributed by atoms with E-state index in [1.165, 1.54) is 18.0 Å². The van der Waals surface area contributed by atoms with Crippen LogP contribution in [-0.4, -0.2) is 40.5 Å². The quantitative estimate of drug-likeness (QED) is 0.436. The monoisotopic (exact) mass is 403 g/mol. The fourth-order valence-corrected chi connectivity index (χ4v) is 2.74. The van der Waals surface area contributed by atoms with E-state index in [4.69, 9.17) is 9.47 Å². The number of ether oxygens (including phenoxy) is 2. The molecule has 0 aliphatic carbocycles. The van der Waals surface area contributed by atoms with Gasteiger partial charge in [-0.3, -0.25) is 5.32 Å². The summed E-state index contributed by atoms with van der Waals surface area (Å²) in [6, 6.07) is 7.31. The zero-order valence-corrected chi connectivity index (χ0v) is 17.6. The molecule has 0 bridgehead atoms. The van der Waals surface area contributed by atoms with Crippen LogP contribution in [0.25, 0.3) is 0 Å². The molecule has 0 unspecified atom stereocenters. The molecule has 0 aliphatic heterocycles. The molecule has 8 heteroatoms. The molecule has 0 radical (unpaired) electrons. The lowest BCUT2D eigenvalue weighted by Gasteiger charge is -2.19. The maximum Gasteiger partial charge on any atom is 0.412 e. The summed E-state index contributed by atoms with van der Waals surface area (Å²) in [6.45, 7) is 7.44. The third-order valence-electron chi connectivity index (χ3n) is 3.47. The van der Waals surface area contributed by atoms with Crippen molar-refractivity contribution in [2.24, 2.45) is 0 Å². The number of aromatic nitrogens is 2. The number of carbonyl (C=O) groups excluding carboxylic acids is 2. The first-order chi connectivity index (χ1) is 13.2. The Morgan fingerprint density at radius 2 is 2.00 bits per heavy atom. The van der Waals surface area contributed by atoms with Gasteiger partial charge in [-0.15, -0.1) is 0 Å². The average Bonchev–Trinajstić information content (AvgIpc) is 2.60. The van der Waals surface area contributed by atoms with Gasteiger partial charge in [0.05, 0.1) is 17.9 Å². The van der Waals surface area contributed by atoms with E-state index < -0.39 is 17.7 Å². The van der Waals surface area contributed by atoms with E-state index in [-0.39, 0.29) is 6.61 Å². The van der Waals surface area contributed by atoms with Crippen molar-refractivity contribution in [3.8, 4) is 0 Å². The molecule has 0 atom stereocenters. The minimum Gasteiger partial charge on any atom is -0.462 e. The number of hydrogen-bond acceptors (Lipinski definition) is 7. The van der Waals surface area contributed by atoms with Crippen molar-refractivity contribution in [2.45, 2.75) is 44.9 Å². The van der Waals surface area contributed by atoms with Crippen LogP contribution in [0.5, 0.6) is 0 Å². The first-order valence-corrected chi connectivity index (χ1v) is 10.1. The number of carbonyl (C=O) groups is 2. The molecule has 0 saturated carbocycles. The third kappa shape index (κ3) is 6.53. The van der Waals surface area contributed by atoms with Crippen LogP contribution in [0, 0.1) is 0 Å². The smallest absolute Gasteiger partial charge is 0.412 e. The van der Waals surface area contributed by atoms with Crippen LogP contribution in [0.2, 0.25) is 0 Å². The standard InChI is InChI=1S/C20H25N3O4S/c1-6-26-17(24)15-12-21-18(28-5)23-16(15)11-13-8-7-9-14(10-13)22-19(25)27-20(2,3)4/h7-10,12H,6,11H2,1-5H3,(H,22,25). The topological polar surface area (TPSA) is 90.4 Å². The van der Waals surface area contributed by atoms with E-state index in [0.29, 0.717) is 28.5 Å². The zero-order chi connectivity index (χ0) is 20.7. The van der Waals surface area contributed by atoms with Crippen molar-refractivity contribution < 1.29 is 19.1 Å². The number of thioether (sulfide) groups is 1. The van der Waals surface area contributed by atoms with Crippen molar-refractivity contribution >= 4 is 29.5 Å². The van der Waals surface area contributed by atoms with Crippen LogP contribution in [0.15, 0.2) is 35.6 Å². The minimum absolute atomic E-state index is 0.276. The van der Waals surface area contributed by atoms with E-state index in [0.717, 1.165) is 5.56 Å². The highest BCUT2D eigenvalue weighted by Crippen LogP contribution is 2.19. The van der Waals surface area contributed by atoms with Crippen LogP contribution < -0.4 is 5.32 Å². The van der Waals surface area contributed by atoms with Crippen molar-refractivity contribution in [1.82, 2.24) is 9.97 Å². The summed E-state index contributed by atoms with van der Waals surface area (Å²) in [7, 11) is 0. The molecule has 7 nitrogen and oxygen atoms in total. The second-order valence-electron chi connectivity index (χ2n) is 6.94. The number of esters is 1. The van der Waals surface area contributed by atoms with Crippen molar-refractivity contribution in [3.05, 3.63) is 47.3 Å². The number of nitrogens with one attached hydrogen (secondary N) is 1. The molecule has 1 N–H and O–H groups in total. The lowest BCUT2D eigenvalue weighted by Crippen LogP contribution is -2.27. The number of amides is 1. The first kappa shape index (κ1) is 21.7. The summed E-state index contributed by atoms with van der Waals surface area (Å²) >= 11 is 1.40. The van der Waals surface area contributed by atoms with E-state index in [1.807, 2.05) is 24.5 Å². The Morgan fingerprint density at radius 3 is 2.64 bits per heavy atom. The lowest BCUT2D eigenvalue weighted by molar-refractivity contribution is 0.0523. The minimum atomic E-state index is -0.578. The van der Waals surface area contributed by atoms with Gasteiger partial charge in [0.1, 0.15) is 5.60 Å². The highest BCUT2D eigenvalue weighted by atomic mass is 32.2. The number of nitrogens with zero attached hydrogens (tertiary/aromatic N) is 2. The molecular weight excluding hydrogens is 378 g/mol. The Hall–Kier alpha value is -2.61. The van der Waals surface area contributed by atoms with Gasteiger partial charge in [-0.2, -0.15) is 0 Å². The molecule has 0 spiro atoms. The van der Waals surface area contributed by atoms with Gasteiger partial charge in [0.25, 0.3) is 0 Å². The van der Waals surface area contributed by atoms with Gasteiger partial charge in [-0.1, -0.05) is 23.9 Å². The molecule has 0 aliphatic rings. The number of anilines is 1. The SMILES string of the molecule is CCOC(=O)c1cnc(SC)nc1Cc1cccc(NC(=O)OC(C)(C)C)c1. The molecule has 1 amide bonds. The Kier molecular flexibility index (Phi) is 7.39. The summed E-state index contributed by atoms with van der Waals surface area (Å²) in [5.74, 6) is -0.451. The predicted octanol–water partition coefficient (Wildman–Crippen LogP) is 4.31. The molecule has 0 saturated heterocycles. The largest absolute Gasteiger partial charge is 0.462 e. The highest BCUT2D eigenvalue weighted by molar-refractivity contribution is 7.98. The Balaban J connectivity index is 2.23. The third-order valence-corrected chi connectivity index (χ3v) is 4.03. The summed E-state index contributed by atoms with van der Waals surface area (Å²) in [6.07, 6.45) is 3.24. The molecule has 1 aromatic heterocycles. The normalized spacial score (nSPS) is 11.0. The summed E-state index contributed by atoms with van der Waals surface area (Å²) in [5.41, 5.74) is 1.82. The Morgan fingerprint density at radius 1 is 1.25 bits per heavy atom.